The molecule has 1 aliphatic heterocycles. The molecule has 0 aromatic heterocycles. The van der Waals surface area contributed by atoms with E-state index in [0.29, 0.717) is 13.1 Å². The van der Waals surface area contributed by atoms with Crippen molar-refractivity contribution in [1.82, 2.24) is 14.5 Å². The van der Waals surface area contributed by atoms with Crippen LogP contribution in [0.1, 0.15) is 27.7 Å². The predicted octanol–water partition coefficient (Wildman–Crippen LogP) is -0.438. The van der Waals surface area contributed by atoms with Crippen LogP contribution in [-0.2, 0) is 14.8 Å². The number of carbonyl (C=O) groups excluding carboxylic acids is 2. The van der Waals surface area contributed by atoms with Crippen LogP contribution < -0.4 is 11.1 Å². The van der Waals surface area contributed by atoms with E-state index in [1.54, 1.807) is 11.8 Å². The van der Waals surface area contributed by atoms with Gasteiger partial charge in [0.1, 0.15) is 6.04 Å². The van der Waals surface area contributed by atoms with Crippen LogP contribution in [0.3, 0.4) is 0 Å². The SMILES string of the molecule is C[C@H]1CN(C(=O)[C@H](NC(N)=O)C(C)(C)C)CCN1S(C)(=O)=O. The summed E-state index contributed by atoms with van der Waals surface area (Å²) in [6, 6.07) is -1.81. The van der Waals surface area contributed by atoms with Crippen molar-refractivity contribution in [3.63, 3.8) is 0 Å². The topological polar surface area (TPSA) is 113 Å². The van der Waals surface area contributed by atoms with E-state index in [1.165, 1.54) is 4.31 Å². The fourth-order valence-electron chi connectivity index (χ4n) is 2.61. The number of piperazine rings is 1. The molecular formula is C13H26N4O4S. The summed E-state index contributed by atoms with van der Waals surface area (Å²) in [5.74, 6) is -0.244. The largest absolute Gasteiger partial charge is 0.352 e. The van der Waals surface area contributed by atoms with Crippen LogP contribution in [0.5, 0.6) is 0 Å². The Labute approximate surface area is 132 Å². The highest BCUT2D eigenvalue weighted by molar-refractivity contribution is 7.88. The number of urea groups is 1. The first-order valence-corrected chi connectivity index (χ1v) is 9.00. The molecule has 1 rings (SSSR count). The summed E-state index contributed by atoms with van der Waals surface area (Å²) in [6.45, 7) is 8.10. The number of hydrogen-bond acceptors (Lipinski definition) is 4. The van der Waals surface area contributed by atoms with Crippen LogP contribution in [0, 0.1) is 5.41 Å². The summed E-state index contributed by atoms with van der Waals surface area (Å²) >= 11 is 0. The summed E-state index contributed by atoms with van der Waals surface area (Å²) in [7, 11) is -3.29. The lowest BCUT2D eigenvalue weighted by Gasteiger charge is -2.41. The van der Waals surface area contributed by atoms with Crippen LogP contribution in [0.25, 0.3) is 0 Å². The summed E-state index contributed by atoms with van der Waals surface area (Å²) in [5, 5.41) is 2.49. The number of amides is 3. The zero-order valence-electron chi connectivity index (χ0n) is 13.8. The lowest BCUT2D eigenvalue weighted by Crippen LogP contribution is -2.61. The van der Waals surface area contributed by atoms with Gasteiger partial charge in [0, 0.05) is 25.7 Å². The minimum absolute atomic E-state index is 0.244. The molecule has 0 radical (unpaired) electrons. The van der Waals surface area contributed by atoms with Gasteiger partial charge >= 0.3 is 6.03 Å². The molecule has 0 bridgehead atoms. The van der Waals surface area contributed by atoms with Crippen LogP contribution in [0.15, 0.2) is 0 Å². The maximum atomic E-state index is 12.7. The van der Waals surface area contributed by atoms with Gasteiger partial charge in [-0.05, 0) is 12.3 Å². The number of nitrogens with two attached hydrogens (primary N) is 1. The van der Waals surface area contributed by atoms with E-state index in [-0.39, 0.29) is 18.5 Å². The minimum Gasteiger partial charge on any atom is -0.352 e. The standard InChI is InChI=1S/C13H26N4O4S/c1-9-8-16(6-7-17(9)22(5,20)21)11(18)10(13(2,3)4)15-12(14)19/h9-10H,6-8H2,1-5H3,(H3,14,15,19)/t9-,10-/m0/s1. The Morgan fingerprint density at radius 1 is 1.27 bits per heavy atom. The number of rotatable bonds is 3. The molecule has 128 valence electrons. The van der Waals surface area contributed by atoms with E-state index in [9.17, 15) is 18.0 Å². The third-order valence-electron chi connectivity index (χ3n) is 3.70. The Balaban J connectivity index is 2.88. The highest BCUT2D eigenvalue weighted by atomic mass is 32.2. The van der Waals surface area contributed by atoms with Crippen molar-refractivity contribution in [2.75, 3.05) is 25.9 Å². The molecule has 1 heterocycles. The van der Waals surface area contributed by atoms with E-state index >= 15 is 0 Å². The number of hydrogen-bond donors (Lipinski definition) is 2. The van der Waals surface area contributed by atoms with Crippen LogP contribution in [-0.4, -0.2) is 67.5 Å². The zero-order valence-corrected chi connectivity index (χ0v) is 14.6. The van der Waals surface area contributed by atoms with Gasteiger partial charge in [0.25, 0.3) is 0 Å². The third-order valence-corrected chi connectivity index (χ3v) is 5.10. The fraction of sp³-hybridized carbons (Fsp3) is 0.846. The molecule has 2 atom stereocenters. The minimum atomic E-state index is -3.29. The summed E-state index contributed by atoms with van der Waals surface area (Å²) in [4.78, 5) is 25.4. The number of nitrogens with zero attached hydrogens (tertiary/aromatic N) is 2. The molecule has 9 heteroatoms. The number of sulfonamides is 1. The van der Waals surface area contributed by atoms with Gasteiger partial charge in [0.2, 0.25) is 15.9 Å². The highest BCUT2D eigenvalue weighted by Crippen LogP contribution is 2.23. The Kier molecular flexibility index (Phi) is 5.45. The summed E-state index contributed by atoms with van der Waals surface area (Å²) < 4.78 is 24.7. The lowest BCUT2D eigenvalue weighted by atomic mass is 9.85. The van der Waals surface area contributed by atoms with Gasteiger partial charge in [-0.25, -0.2) is 13.2 Å². The van der Waals surface area contributed by atoms with Crippen molar-refractivity contribution in [2.24, 2.45) is 11.1 Å². The van der Waals surface area contributed by atoms with Crippen LogP contribution in [0.2, 0.25) is 0 Å². The number of carbonyl (C=O) groups is 2. The maximum Gasteiger partial charge on any atom is 0.312 e. The molecule has 0 unspecified atom stereocenters. The molecule has 1 aliphatic rings. The lowest BCUT2D eigenvalue weighted by molar-refractivity contribution is -0.137. The molecule has 0 aromatic rings. The third kappa shape index (κ3) is 4.57. The Morgan fingerprint density at radius 3 is 2.18 bits per heavy atom. The first-order chi connectivity index (χ1) is 9.84. The Bertz CT molecular complexity index is 541. The second-order valence-corrected chi connectivity index (χ2v) is 8.75. The maximum absolute atomic E-state index is 12.7. The fourth-order valence-corrected chi connectivity index (χ4v) is 3.74. The van der Waals surface area contributed by atoms with Gasteiger partial charge in [-0.1, -0.05) is 20.8 Å². The Morgan fingerprint density at radius 2 is 1.82 bits per heavy atom. The predicted molar refractivity (Wildman–Crippen MR) is 83.6 cm³/mol. The van der Waals surface area contributed by atoms with Crippen molar-refractivity contribution < 1.29 is 18.0 Å². The molecule has 3 N–H and O–H groups in total. The monoisotopic (exact) mass is 334 g/mol. The van der Waals surface area contributed by atoms with Crippen LogP contribution >= 0.6 is 0 Å². The second kappa shape index (κ2) is 6.41. The molecule has 3 amide bonds. The van der Waals surface area contributed by atoms with E-state index in [4.69, 9.17) is 5.73 Å². The summed E-state index contributed by atoms with van der Waals surface area (Å²) in [5.41, 5.74) is 4.66. The average Bonchev–Trinajstić information content (AvgIpc) is 2.31. The van der Waals surface area contributed by atoms with Crippen molar-refractivity contribution in [2.45, 2.75) is 39.8 Å². The van der Waals surface area contributed by atoms with Gasteiger partial charge < -0.3 is 16.0 Å². The zero-order chi connectivity index (χ0) is 17.3. The molecular weight excluding hydrogens is 308 g/mol. The molecule has 0 saturated carbocycles. The van der Waals surface area contributed by atoms with Crippen molar-refractivity contribution in [1.29, 1.82) is 0 Å². The number of primary amides is 1. The van der Waals surface area contributed by atoms with Gasteiger partial charge in [-0.15, -0.1) is 0 Å². The molecule has 0 aromatic carbocycles. The molecule has 0 aliphatic carbocycles. The smallest absolute Gasteiger partial charge is 0.312 e. The van der Waals surface area contributed by atoms with Gasteiger partial charge in [0.15, 0.2) is 0 Å². The van der Waals surface area contributed by atoms with Crippen molar-refractivity contribution >= 4 is 22.0 Å². The molecule has 1 saturated heterocycles. The van der Waals surface area contributed by atoms with E-state index in [2.05, 4.69) is 5.32 Å². The van der Waals surface area contributed by atoms with Gasteiger partial charge in [-0.2, -0.15) is 4.31 Å². The van der Waals surface area contributed by atoms with E-state index in [1.807, 2.05) is 20.8 Å². The number of nitrogens with one attached hydrogen (secondary N) is 1. The van der Waals surface area contributed by atoms with E-state index in [0.717, 1.165) is 6.26 Å². The molecule has 1 fully saturated rings. The molecule has 0 spiro atoms. The van der Waals surface area contributed by atoms with Gasteiger partial charge in [-0.3, -0.25) is 4.79 Å². The highest BCUT2D eigenvalue weighted by Gasteiger charge is 2.39. The molecule has 8 nitrogen and oxygen atoms in total. The Hall–Kier alpha value is -1.35. The van der Waals surface area contributed by atoms with Crippen molar-refractivity contribution in [3.05, 3.63) is 0 Å². The average molecular weight is 334 g/mol. The van der Waals surface area contributed by atoms with Gasteiger partial charge in [0.05, 0.1) is 6.26 Å². The second-order valence-electron chi connectivity index (χ2n) is 6.81. The van der Waals surface area contributed by atoms with Crippen molar-refractivity contribution in [3.8, 4) is 0 Å². The van der Waals surface area contributed by atoms with E-state index < -0.39 is 27.5 Å². The first kappa shape index (κ1) is 18.7. The quantitative estimate of drug-likeness (QED) is 0.728. The summed E-state index contributed by atoms with van der Waals surface area (Å²) in [6.07, 6.45) is 1.16. The molecule has 22 heavy (non-hydrogen) atoms. The first-order valence-electron chi connectivity index (χ1n) is 7.15. The normalized spacial score (nSPS) is 22.2. The van der Waals surface area contributed by atoms with Crippen LogP contribution in [0.4, 0.5) is 4.79 Å².